The van der Waals surface area contributed by atoms with Gasteiger partial charge in [-0.3, -0.25) is 18.9 Å². The molecule has 0 aliphatic heterocycles. The van der Waals surface area contributed by atoms with Gasteiger partial charge in [0.2, 0.25) is 0 Å². The molecule has 0 radical (unpaired) electrons. The summed E-state index contributed by atoms with van der Waals surface area (Å²) in [6, 6.07) is 0.273. The Morgan fingerprint density at radius 1 is 1.33 bits per heavy atom. The summed E-state index contributed by atoms with van der Waals surface area (Å²) in [4.78, 5) is 42.0. The Balaban J connectivity index is 2.18. The van der Waals surface area contributed by atoms with Crippen molar-refractivity contribution in [3.63, 3.8) is 0 Å². The number of rotatable bonds is 4. The number of nitrogens with one attached hydrogen (secondary N) is 1. The zero-order valence-corrected chi connectivity index (χ0v) is 11.6. The second-order valence-corrected chi connectivity index (χ2v) is 6.09. The molecule has 1 aliphatic carbocycles. The van der Waals surface area contributed by atoms with E-state index in [0.29, 0.717) is 0 Å². The van der Waals surface area contributed by atoms with E-state index in [1.54, 1.807) is 0 Å². The van der Waals surface area contributed by atoms with Gasteiger partial charge >= 0.3 is 13.5 Å². The molecule has 0 unspecified atom stereocenters. The van der Waals surface area contributed by atoms with Crippen molar-refractivity contribution in [3.05, 3.63) is 33.1 Å². The van der Waals surface area contributed by atoms with Gasteiger partial charge in [-0.1, -0.05) is 0 Å². The van der Waals surface area contributed by atoms with E-state index in [0.717, 1.165) is 10.6 Å². The third kappa shape index (κ3) is 3.67. The van der Waals surface area contributed by atoms with Crippen molar-refractivity contribution in [3.8, 4) is 0 Å². The highest BCUT2D eigenvalue weighted by Crippen LogP contribution is 2.40. The van der Waals surface area contributed by atoms with Gasteiger partial charge in [-0.2, -0.15) is 0 Å². The van der Waals surface area contributed by atoms with Gasteiger partial charge < -0.3 is 20.0 Å². The van der Waals surface area contributed by atoms with Gasteiger partial charge in [0.05, 0.1) is 18.8 Å². The second-order valence-electron chi connectivity index (χ2n) is 4.85. The van der Waals surface area contributed by atoms with Crippen molar-refractivity contribution in [2.24, 2.45) is 5.92 Å². The van der Waals surface area contributed by atoms with Crippen molar-refractivity contribution in [1.29, 1.82) is 0 Å². The van der Waals surface area contributed by atoms with Crippen LogP contribution in [0, 0.1) is 5.92 Å². The normalized spacial score (nSPS) is 29.7. The summed E-state index contributed by atoms with van der Waals surface area (Å²) in [5.74, 6) is -0.753. The third-order valence-electron chi connectivity index (χ3n) is 3.44. The van der Waals surface area contributed by atoms with Gasteiger partial charge in [0, 0.05) is 18.2 Å². The summed E-state index contributed by atoms with van der Waals surface area (Å²) in [5, 5.41) is 19.8. The van der Waals surface area contributed by atoms with Crippen LogP contribution in [0.4, 0.5) is 0 Å². The molecule has 118 valence electrons. The second kappa shape index (κ2) is 5.84. The van der Waals surface area contributed by atoms with Crippen LogP contribution >= 0.6 is 7.82 Å². The van der Waals surface area contributed by atoms with E-state index in [-0.39, 0.29) is 6.42 Å². The maximum atomic E-state index is 11.7. The highest BCUT2D eigenvalue weighted by Gasteiger charge is 2.43. The standard InChI is InChI=1S/C10H15N2O8P/c13-7-1-2-12(10(16)11-7)6-3-5(8(14)9(6)15)4-20-21(17,18)19/h1-2,5-6,8-9,14-15H,3-4H2,(H,11,13,16)(H2,17,18,19)/t5-,6-,8-,9+/m1/s1. The van der Waals surface area contributed by atoms with Gasteiger partial charge in [-0.05, 0) is 6.42 Å². The molecule has 0 spiro atoms. The average Bonchev–Trinajstić information content (AvgIpc) is 2.64. The van der Waals surface area contributed by atoms with Crippen molar-refractivity contribution < 1.29 is 29.1 Å². The lowest BCUT2D eigenvalue weighted by Gasteiger charge is -2.18. The summed E-state index contributed by atoms with van der Waals surface area (Å²) in [6.45, 7) is -0.461. The third-order valence-corrected chi connectivity index (χ3v) is 3.92. The van der Waals surface area contributed by atoms with Crippen molar-refractivity contribution >= 4 is 7.82 Å². The molecule has 11 heteroatoms. The topological polar surface area (TPSA) is 162 Å². The van der Waals surface area contributed by atoms with E-state index in [1.807, 2.05) is 4.98 Å². The van der Waals surface area contributed by atoms with Crippen LogP contribution in [-0.2, 0) is 9.09 Å². The Bertz CT molecular complexity index is 664. The summed E-state index contributed by atoms with van der Waals surface area (Å²) >= 11 is 0. The molecule has 10 nitrogen and oxygen atoms in total. The number of hydrogen-bond acceptors (Lipinski definition) is 6. The molecule has 1 aromatic heterocycles. The molecule has 0 amide bonds. The van der Waals surface area contributed by atoms with Gasteiger partial charge in [0.1, 0.15) is 6.10 Å². The van der Waals surface area contributed by atoms with Crippen LogP contribution in [0.1, 0.15) is 12.5 Å². The summed E-state index contributed by atoms with van der Waals surface area (Å²) in [7, 11) is -4.68. The molecule has 5 N–H and O–H groups in total. The molecular formula is C10H15N2O8P. The maximum Gasteiger partial charge on any atom is 0.469 e. The molecule has 1 aromatic rings. The van der Waals surface area contributed by atoms with Crippen molar-refractivity contribution in [2.75, 3.05) is 6.61 Å². The van der Waals surface area contributed by atoms with Gasteiger partial charge in [0.15, 0.2) is 0 Å². The molecule has 0 aromatic carbocycles. The lowest BCUT2D eigenvalue weighted by molar-refractivity contribution is -0.00459. The van der Waals surface area contributed by atoms with Crippen LogP contribution in [0.25, 0.3) is 0 Å². The number of aromatic nitrogens is 2. The summed E-state index contributed by atoms with van der Waals surface area (Å²) in [6.07, 6.45) is -1.37. The lowest BCUT2D eigenvalue weighted by atomic mass is 10.1. The van der Waals surface area contributed by atoms with E-state index in [4.69, 9.17) is 9.79 Å². The fourth-order valence-electron chi connectivity index (χ4n) is 2.42. The van der Waals surface area contributed by atoms with Gasteiger partial charge in [-0.15, -0.1) is 0 Å². The fourth-order valence-corrected chi connectivity index (χ4v) is 2.81. The molecular weight excluding hydrogens is 307 g/mol. The molecule has 21 heavy (non-hydrogen) atoms. The highest BCUT2D eigenvalue weighted by molar-refractivity contribution is 7.46. The smallest absolute Gasteiger partial charge is 0.390 e. The van der Waals surface area contributed by atoms with Crippen LogP contribution in [0.5, 0.6) is 0 Å². The van der Waals surface area contributed by atoms with Gasteiger partial charge in [0.25, 0.3) is 5.56 Å². The number of hydrogen-bond donors (Lipinski definition) is 5. The van der Waals surface area contributed by atoms with E-state index >= 15 is 0 Å². The van der Waals surface area contributed by atoms with E-state index in [2.05, 4.69) is 4.52 Å². The lowest BCUT2D eigenvalue weighted by Crippen LogP contribution is -2.37. The van der Waals surface area contributed by atoms with Crippen molar-refractivity contribution in [1.82, 2.24) is 9.55 Å². The first-order valence-corrected chi connectivity index (χ1v) is 7.60. The first kappa shape index (κ1) is 16.1. The molecule has 4 atom stereocenters. The first-order chi connectivity index (χ1) is 9.69. The number of nitrogens with zero attached hydrogens (tertiary/aromatic N) is 1. The van der Waals surface area contributed by atoms with E-state index < -0.39 is 49.8 Å². The number of aliphatic hydroxyl groups is 2. The van der Waals surface area contributed by atoms with Crippen LogP contribution < -0.4 is 11.2 Å². The quantitative estimate of drug-likeness (QED) is 0.395. The Morgan fingerprint density at radius 2 is 2.00 bits per heavy atom. The van der Waals surface area contributed by atoms with E-state index in [9.17, 15) is 24.4 Å². The van der Waals surface area contributed by atoms with Crippen LogP contribution in [0.3, 0.4) is 0 Å². The monoisotopic (exact) mass is 322 g/mol. The molecule has 0 saturated heterocycles. The van der Waals surface area contributed by atoms with Crippen LogP contribution in [-0.4, -0.2) is 48.4 Å². The molecule has 1 saturated carbocycles. The minimum atomic E-state index is -4.68. The Hall–Kier alpha value is -1.29. The number of aromatic amines is 1. The van der Waals surface area contributed by atoms with Gasteiger partial charge in [-0.25, -0.2) is 9.36 Å². The predicted octanol–water partition coefficient (Wildman–Crippen LogP) is -2.07. The van der Waals surface area contributed by atoms with E-state index in [1.165, 1.54) is 6.20 Å². The largest absolute Gasteiger partial charge is 0.469 e. The number of H-pyrrole nitrogens is 1. The molecule has 2 rings (SSSR count). The number of phosphoric acid groups is 1. The highest BCUT2D eigenvalue weighted by atomic mass is 31.2. The maximum absolute atomic E-state index is 11.7. The SMILES string of the molecule is O=c1ccn([C@@H]2C[C@H](COP(=O)(O)O)[C@@H](O)[C@H]2O)c(=O)[nH]1. The number of aliphatic hydroxyl groups excluding tert-OH is 2. The molecule has 1 aliphatic rings. The molecule has 1 fully saturated rings. The molecule has 0 bridgehead atoms. The molecule has 1 heterocycles. The Labute approximate surface area is 117 Å². The van der Waals surface area contributed by atoms with Crippen molar-refractivity contribution in [2.45, 2.75) is 24.7 Å². The summed E-state index contributed by atoms with van der Waals surface area (Å²) < 4.78 is 16.0. The Morgan fingerprint density at radius 3 is 2.57 bits per heavy atom. The zero-order chi connectivity index (χ0) is 15.8. The average molecular weight is 322 g/mol. The minimum Gasteiger partial charge on any atom is -0.390 e. The van der Waals surface area contributed by atoms with Crippen LogP contribution in [0.2, 0.25) is 0 Å². The zero-order valence-electron chi connectivity index (χ0n) is 10.7. The first-order valence-electron chi connectivity index (χ1n) is 6.07. The minimum absolute atomic E-state index is 0.0638. The number of phosphoric ester groups is 1. The summed E-state index contributed by atoms with van der Waals surface area (Å²) in [5.41, 5.74) is -1.33. The predicted molar refractivity (Wildman–Crippen MR) is 68.5 cm³/mol. The fraction of sp³-hybridized carbons (Fsp3) is 0.600. The Kier molecular flexibility index (Phi) is 4.47. The van der Waals surface area contributed by atoms with Crippen LogP contribution in [0.15, 0.2) is 21.9 Å².